The fourth-order valence-electron chi connectivity index (χ4n) is 0.821. The van der Waals surface area contributed by atoms with Gasteiger partial charge in [0, 0.05) is 5.97 Å². The maximum Gasteiger partial charge on any atom is 0.234 e. The van der Waals surface area contributed by atoms with Gasteiger partial charge in [-0.2, -0.15) is 4.98 Å². The number of rotatable bonds is 3. The Morgan fingerprint density at radius 1 is 1.75 bits per heavy atom. The van der Waals surface area contributed by atoms with Crippen LogP contribution in [0.1, 0.15) is 12.1 Å². The molecule has 0 aliphatic heterocycles. The minimum Gasteiger partial charge on any atom is -0.550 e. The molecule has 0 aliphatic rings. The van der Waals surface area contributed by atoms with E-state index in [2.05, 4.69) is 9.97 Å². The van der Waals surface area contributed by atoms with Crippen molar-refractivity contribution in [3.63, 3.8) is 0 Å². The van der Waals surface area contributed by atoms with Gasteiger partial charge in [-0.25, -0.2) is 0 Å². The number of imidazole rings is 1. The third-order valence-corrected chi connectivity index (χ3v) is 1.35. The smallest absolute Gasteiger partial charge is 0.234 e. The molecule has 0 aromatic carbocycles. The summed E-state index contributed by atoms with van der Waals surface area (Å²) < 4.78 is 0. The van der Waals surface area contributed by atoms with Crippen LogP contribution in [0.5, 0.6) is 5.88 Å². The van der Waals surface area contributed by atoms with Crippen molar-refractivity contribution in [2.24, 2.45) is 0 Å². The van der Waals surface area contributed by atoms with Crippen LogP contribution < -0.4 is 10.8 Å². The topological polar surface area (TPSA) is 115 Å². The number of nitrogen functional groups attached to an aromatic ring is 1. The monoisotopic (exact) mass is 170 g/mol. The van der Waals surface area contributed by atoms with Crippen molar-refractivity contribution in [2.75, 3.05) is 5.73 Å². The average molecular weight is 170 g/mol. The summed E-state index contributed by atoms with van der Waals surface area (Å²) in [5.74, 6) is -1.36. The number of nitrogens with zero attached hydrogens (tertiary/aromatic N) is 1. The number of carboxylic acid groups (broad SMARTS) is 1. The number of anilines is 1. The summed E-state index contributed by atoms with van der Waals surface area (Å²) >= 11 is 0. The minimum atomic E-state index is -1.18. The molecule has 12 heavy (non-hydrogen) atoms. The summed E-state index contributed by atoms with van der Waals surface area (Å²) in [6.07, 6.45) is -0.0342. The lowest BCUT2D eigenvalue weighted by atomic mass is 10.2. The third kappa shape index (κ3) is 1.88. The first-order chi connectivity index (χ1) is 5.59. The van der Waals surface area contributed by atoms with Crippen LogP contribution in [0, 0.1) is 0 Å². The van der Waals surface area contributed by atoms with Crippen molar-refractivity contribution >= 4 is 11.9 Å². The number of aliphatic carboxylic acids is 1. The molecule has 0 saturated carbocycles. The zero-order valence-electron chi connectivity index (χ0n) is 6.20. The molecular weight excluding hydrogens is 162 g/mol. The Kier molecular flexibility index (Phi) is 2.18. The highest BCUT2D eigenvalue weighted by atomic mass is 16.4. The lowest BCUT2D eigenvalue weighted by molar-refractivity contribution is -0.305. The van der Waals surface area contributed by atoms with Crippen LogP contribution in [-0.2, 0) is 11.2 Å². The number of hydrogen-bond acceptors (Lipinski definition) is 5. The molecule has 6 heteroatoms. The van der Waals surface area contributed by atoms with E-state index in [1.165, 1.54) is 0 Å². The highest BCUT2D eigenvalue weighted by molar-refractivity contribution is 5.64. The number of nitrogens with one attached hydrogen (secondary N) is 1. The first-order valence-corrected chi connectivity index (χ1v) is 3.32. The number of hydrogen-bond donors (Lipinski definition) is 3. The van der Waals surface area contributed by atoms with Crippen molar-refractivity contribution in [3.8, 4) is 5.88 Å². The molecule has 0 saturated heterocycles. The summed E-state index contributed by atoms with van der Waals surface area (Å²) in [6, 6.07) is 0. The van der Waals surface area contributed by atoms with Crippen LogP contribution in [0.15, 0.2) is 0 Å². The molecule has 0 unspecified atom stereocenters. The Bertz CT molecular complexity index is 294. The molecule has 0 bridgehead atoms. The van der Waals surface area contributed by atoms with Gasteiger partial charge < -0.3 is 25.7 Å². The van der Waals surface area contributed by atoms with E-state index in [4.69, 9.17) is 10.8 Å². The maximum absolute atomic E-state index is 10.0. The Hall–Kier alpha value is -1.72. The molecule has 0 aliphatic carbocycles. The first kappa shape index (κ1) is 8.38. The Labute approximate surface area is 68.0 Å². The molecule has 0 fully saturated rings. The molecule has 6 nitrogen and oxygen atoms in total. The Balaban J connectivity index is 2.62. The van der Waals surface area contributed by atoms with Crippen LogP contribution >= 0.6 is 0 Å². The van der Waals surface area contributed by atoms with Crippen molar-refractivity contribution < 1.29 is 15.0 Å². The number of carbonyl (C=O) groups excluding carboxylic acids is 1. The van der Waals surface area contributed by atoms with E-state index in [1.54, 1.807) is 0 Å². The van der Waals surface area contributed by atoms with Crippen molar-refractivity contribution in [1.29, 1.82) is 0 Å². The van der Waals surface area contributed by atoms with Gasteiger partial charge in [-0.3, -0.25) is 0 Å². The van der Waals surface area contributed by atoms with E-state index in [0.717, 1.165) is 0 Å². The van der Waals surface area contributed by atoms with E-state index in [-0.39, 0.29) is 24.7 Å². The van der Waals surface area contributed by atoms with Gasteiger partial charge in [0.1, 0.15) is 0 Å². The average Bonchev–Trinajstić information content (AvgIpc) is 2.26. The largest absolute Gasteiger partial charge is 0.550 e. The maximum atomic E-state index is 10.0. The summed E-state index contributed by atoms with van der Waals surface area (Å²) in [5, 5.41) is 19.0. The van der Waals surface area contributed by atoms with Gasteiger partial charge >= 0.3 is 0 Å². The highest BCUT2D eigenvalue weighted by Crippen LogP contribution is 2.15. The van der Waals surface area contributed by atoms with Crippen LogP contribution in [0.25, 0.3) is 0 Å². The lowest BCUT2D eigenvalue weighted by Gasteiger charge is -1.98. The molecular formula is C6H8N3O3-. The van der Waals surface area contributed by atoms with E-state index in [1.807, 2.05) is 0 Å². The van der Waals surface area contributed by atoms with Gasteiger partial charge in [-0.1, -0.05) is 0 Å². The molecule has 4 N–H and O–H groups in total. The fourth-order valence-corrected chi connectivity index (χ4v) is 0.821. The summed E-state index contributed by atoms with van der Waals surface area (Å²) in [5.41, 5.74) is 5.51. The van der Waals surface area contributed by atoms with E-state index in [0.29, 0.717) is 5.69 Å². The van der Waals surface area contributed by atoms with E-state index < -0.39 is 5.97 Å². The van der Waals surface area contributed by atoms with Crippen LogP contribution in [0.2, 0.25) is 0 Å². The number of H-pyrrole nitrogens is 1. The molecule has 1 heterocycles. The summed E-state index contributed by atoms with van der Waals surface area (Å²) in [7, 11) is 0. The number of carbonyl (C=O) groups is 1. The van der Waals surface area contributed by atoms with Crippen LogP contribution in [0.3, 0.4) is 0 Å². The van der Waals surface area contributed by atoms with Gasteiger partial charge in [0.2, 0.25) is 11.8 Å². The zero-order valence-corrected chi connectivity index (χ0v) is 6.20. The van der Waals surface area contributed by atoms with Gasteiger partial charge in [-0.15, -0.1) is 0 Å². The third-order valence-electron chi connectivity index (χ3n) is 1.35. The van der Waals surface area contributed by atoms with Crippen LogP contribution in [-0.4, -0.2) is 21.0 Å². The van der Waals surface area contributed by atoms with Gasteiger partial charge in [-0.05, 0) is 12.8 Å². The number of aromatic hydroxyl groups is 1. The molecule has 66 valence electrons. The SMILES string of the molecule is Nc1nc(O)c(CCC(=O)[O-])[nH]1. The Morgan fingerprint density at radius 3 is 2.83 bits per heavy atom. The van der Waals surface area contributed by atoms with Gasteiger partial charge in [0.15, 0.2) is 0 Å². The zero-order chi connectivity index (χ0) is 9.14. The highest BCUT2D eigenvalue weighted by Gasteiger charge is 2.05. The van der Waals surface area contributed by atoms with E-state index in [9.17, 15) is 9.90 Å². The first-order valence-electron chi connectivity index (χ1n) is 3.32. The number of carboxylic acids is 1. The quantitative estimate of drug-likeness (QED) is 0.504. The lowest BCUT2D eigenvalue weighted by Crippen LogP contribution is -2.22. The predicted octanol–water partition coefficient (Wildman–Crippen LogP) is -1.62. The van der Waals surface area contributed by atoms with Gasteiger partial charge in [0.25, 0.3) is 0 Å². The summed E-state index contributed by atoms with van der Waals surface area (Å²) in [4.78, 5) is 16.0. The van der Waals surface area contributed by atoms with Crippen molar-refractivity contribution in [1.82, 2.24) is 9.97 Å². The standard InChI is InChI=1S/C6H9N3O3/c7-6-8-3(5(12)9-6)1-2-4(10)11/h12H,1-2H2,(H,10,11)(H3,7,8,9)/p-1. The van der Waals surface area contributed by atoms with Crippen LogP contribution in [0.4, 0.5) is 5.95 Å². The molecule has 0 amide bonds. The molecule has 0 spiro atoms. The Morgan fingerprint density at radius 2 is 2.42 bits per heavy atom. The fraction of sp³-hybridized carbons (Fsp3) is 0.333. The predicted molar refractivity (Wildman–Crippen MR) is 38.0 cm³/mol. The molecule has 1 aromatic heterocycles. The second-order valence-electron chi connectivity index (χ2n) is 2.30. The van der Waals surface area contributed by atoms with Crippen molar-refractivity contribution in [3.05, 3.63) is 5.69 Å². The van der Waals surface area contributed by atoms with E-state index >= 15 is 0 Å². The summed E-state index contributed by atoms with van der Waals surface area (Å²) in [6.45, 7) is 0. The molecule has 1 rings (SSSR count). The number of aromatic amines is 1. The van der Waals surface area contributed by atoms with Crippen molar-refractivity contribution in [2.45, 2.75) is 12.8 Å². The molecule has 1 aromatic rings. The second-order valence-corrected chi connectivity index (χ2v) is 2.30. The normalized spacial score (nSPS) is 10.0. The van der Waals surface area contributed by atoms with Gasteiger partial charge in [0.05, 0.1) is 5.69 Å². The number of aryl methyl sites for hydroxylation is 1. The number of aromatic nitrogens is 2. The molecule has 0 radical (unpaired) electrons. The molecule has 0 atom stereocenters. The minimum absolute atomic E-state index is 0.0702. The number of nitrogens with two attached hydrogens (primary N) is 1. The second kappa shape index (κ2) is 3.12.